The van der Waals surface area contributed by atoms with Crippen LogP contribution < -0.4 is 10.2 Å². The highest BCUT2D eigenvalue weighted by Gasteiger charge is 2.38. The predicted molar refractivity (Wildman–Crippen MR) is 155 cm³/mol. The van der Waals surface area contributed by atoms with Gasteiger partial charge in [-0.15, -0.1) is 11.8 Å². The van der Waals surface area contributed by atoms with Crippen molar-refractivity contribution in [3.05, 3.63) is 101 Å². The van der Waals surface area contributed by atoms with E-state index in [0.717, 1.165) is 39.9 Å². The molecule has 1 N–H and O–H groups in total. The number of carbonyl (C=O) groups excluding carboxylic acids is 2. The Morgan fingerprint density at radius 2 is 1.85 bits per heavy atom. The van der Waals surface area contributed by atoms with Gasteiger partial charge in [-0.2, -0.15) is 5.10 Å². The van der Waals surface area contributed by atoms with Crippen molar-refractivity contribution in [3.63, 3.8) is 0 Å². The van der Waals surface area contributed by atoms with Crippen molar-refractivity contribution in [1.29, 1.82) is 0 Å². The van der Waals surface area contributed by atoms with Crippen LogP contribution in [0.3, 0.4) is 0 Å². The smallest absolute Gasteiger partial charge is 0.240 e. The van der Waals surface area contributed by atoms with Gasteiger partial charge in [0.25, 0.3) is 0 Å². The number of halogens is 1. The van der Waals surface area contributed by atoms with Crippen molar-refractivity contribution in [2.24, 2.45) is 0 Å². The van der Waals surface area contributed by atoms with Crippen LogP contribution in [-0.2, 0) is 9.59 Å². The molecule has 39 heavy (non-hydrogen) atoms. The number of hydrogen-bond acceptors (Lipinski definition) is 4. The Labute approximate surface area is 232 Å². The molecule has 0 unspecified atom stereocenters. The normalized spacial score (nSPS) is 15.1. The van der Waals surface area contributed by atoms with Crippen LogP contribution in [0, 0.1) is 19.7 Å². The van der Waals surface area contributed by atoms with E-state index in [9.17, 15) is 14.0 Å². The third-order valence-corrected chi connectivity index (χ3v) is 8.22. The summed E-state index contributed by atoms with van der Waals surface area (Å²) >= 11 is 1.43. The van der Waals surface area contributed by atoms with E-state index in [1.54, 1.807) is 15.6 Å². The maximum absolute atomic E-state index is 14.5. The van der Waals surface area contributed by atoms with Crippen LogP contribution in [0.4, 0.5) is 10.2 Å². The third-order valence-electron chi connectivity index (χ3n) is 6.97. The van der Waals surface area contributed by atoms with Crippen LogP contribution in [0.15, 0.2) is 72.8 Å². The highest BCUT2D eigenvalue weighted by atomic mass is 32.2. The lowest BCUT2D eigenvalue weighted by atomic mass is 9.99. The van der Waals surface area contributed by atoms with Crippen molar-refractivity contribution < 1.29 is 14.0 Å². The van der Waals surface area contributed by atoms with Crippen molar-refractivity contribution in [2.75, 3.05) is 23.7 Å². The number of hydrogen-bond donors (Lipinski definition) is 1. The molecule has 1 aliphatic heterocycles. The molecule has 1 aliphatic rings. The zero-order valence-electron chi connectivity index (χ0n) is 22.3. The minimum absolute atomic E-state index is 0.132. The largest absolute Gasteiger partial charge is 0.355 e. The van der Waals surface area contributed by atoms with Crippen molar-refractivity contribution in [2.45, 2.75) is 32.4 Å². The predicted octanol–water partition coefficient (Wildman–Crippen LogP) is 5.99. The fourth-order valence-corrected chi connectivity index (χ4v) is 6.05. The minimum atomic E-state index is -0.377. The summed E-state index contributed by atoms with van der Waals surface area (Å²) in [6.45, 7) is 6.44. The molecular formula is C31H31FN4O2S. The zero-order chi connectivity index (χ0) is 27.5. The van der Waals surface area contributed by atoms with Crippen molar-refractivity contribution in [1.82, 2.24) is 15.1 Å². The number of rotatable bonds is 7. The molecule has 0 saturated carbocycles. The van der Waals surface area contributed by atoms with Gasteiger partial charge in [0, 0.05) is 17.7 Å². The first kappa shape index (κ1) is 26.7. The number of fused-ring (bicyclic) bond motifs is 1. The molecule has 1 atom stereocenters. The molecule has 0 saturated heterocycles. The maximum atomic E-state index is 14.5. The fraction of sp³-hybridized carbons (Fsp3) is 0.258. The molecule has 1 aromatic heterocycles. The van der Waals surface area contributed by atoms with E-state index < -0.39 is 0 Å². The summed E-state index contributed by atoms with van der Waals surface area (Å²) in [6.07, 6.45) is 0.793. The lowest BCUT2D eigenvalue weighted by Crippen LogP contribution is -2.42. The Morgan fingerprint density at radius 3 is 2.59 bits per heavy atom. The van der Waals surface area contributed by atoms with Gasteiger partial charge in [-0.25, -0.2) is 9.07 Å². The molecule has 3 aromatic carbocycles. The van der Waals surface area contributed by atoms with Gasteiger partial charge in [0.1, 0.15) is 18.2 Å². The Morgan fingerprint density at radius 1 is 1.08 bits per heavy atom. The number of anilines is 1. The summed E-state index contributed by atoms with van der Waals surface area (Å²) in [4.78, 5) is 28.3. The third kappa shape index (κ3) is 5.34. The number of nitrogens with zero attached hydrogens (tertiary/aromatic N) is 3. The second-order valence-corrected chi connectivity index (χ2v) is 10.8. The molecule has 2 amide bonds. The van der Waals surface area contributed by atoms with E-state index in [2.05, 4.69) is 5.32 Å². The topological polar surface area (TPSA) is 67.2 Å². The Kier molecular flexibility index (Phi) is 7.84. The summed E-state index contributed by atoms with van der Waals surface area (Å²) in [5.74, 6) is -0.0985. The van der Waals surface area contributed by atoms with Crippen LogP contribution in [-0.4, -0.2) is 40.4 Å². The molecule has 6 nitrogen and oxygen atoms in total. The molecule has 0 radical (unpaired) electrons. The van der Waals surface area contributed by atoms with E-state index >= 15 is 0 Å². The number of amides is 2. The van der Waals surface area contributed by atoms with Gasteiger partial charge in [-0.1, -0.05) is 61.5 Å². The first-order valence-corrected chi connectivity index (χ1v) is 14.1. The van der Waals surface area contributed by atoms with Gasteiger partial charge in [0.15, 0.2) is 0 Å². The average Bonchev–Trinajstić information content (AvgIpc) is 3.25. The second kappa shape index (κ2) is 11.5. The van der Waals surface area contributed by atoms with Crippen LogP contribution in [0.1, 0.15) is 40.8 Å². The summed E-state index contributed by atoms with van der Waals surface area (Å²) in [5, 5.41) is 7.64. The van der Waals surface area contributed by atoms with E-state index in [1.807, 2.05) is 75.4 Å². The van der Waals surface area contributed by atoms with Gasteiger partial charge in [-0.05, 0) is 55.2 Å². The molecule has 2 heterocycles. The molecule has 5 rings (SSSR count). The fourth-order valence-electron chi connectivity index (χ4n) is 4.86. The molecule has 0 aliphatic carbocycles. The van der Waals surface area contributed by atoms with E-state index in [-0.39, 0.29) is 35.2 Å². The van der Waals surface area contributed by atoms with Crippen molar-refractivity contribution in [3.8, 4) is 16.9 Å². The highest BCUT2D eigenvalue weighted by molar-refractivity contribution is 8.00. The quantitative estimate of drug-likeness (QED) is 0.312. The highest BCUT2D eigenvalue weighted by Crippen LogP contribution is 2.48. The molecule has 0 spiro atoms. The van der Waals surface area contributed by atoms with Crippen LogP contribution in [0.5, 0.6) is 0 Å². The molecular weight excluding hydrogens is 511 g/mol. The summed E-state index contributed by atoms with van der Waals surface area (Å²) < 4.78 is 16.3. The first-order valence-electron chi connectivity index (χ1n) is 13.1. The monoisotopic (exact) mass is 542 g/mol. The van der Waals surface area contributed by atoms with Gasteiger partial charge in [0.05, 0.1) is 22.4 Å². The summed E-state index contributed by atoms with van der Waals surface area (Å²) in [6, 6.07) is 22.3. The van der Waals surface area contributed by atoms with E-state index in [1.165, 1.54) is 23.9 Å². The van der Waals surface area contributed by atoms with Gasteiger partial charge >= 0.3 is 0 Å². The Balaban J connectivity index is 1.82. The average molecular weight is 543 g/mol. The van der Waals surface area contributed by atoms with E-state index in [0.29, 0.717) is 18.1 Å². The second-order valence-electron chi connectivity index (χ2n) is 9.66. The maximum Gasteiger partial charge on any atom is 0.240 e. The number of aromatic nitrogens is 2. The zero-order valence-corrected chi connectivity index (χ0v) is 23.1. The number of benzene rings is 3. The number of nitrogens with one attached hydrogen (secondary N) is 1. The van der Waals surface area contributed by atoms with Crippen LogP contribution in [0.25, 0.3) is 16.9 Å². The lowest BCUT2D eigenvalue weighted by Gasteiger charge is -2.24. The summed E-state index contributed by atoms with van der Waals surface area (Å²) in [5.41, 5.74) is 6.03. The summed E-state index contributed by atoms with van der Waals surface area (Å²) in [7, 11) is 0. The van der Waals surface area contributed by atoms with E-state index in [4.69, 9.17) is 5.10 Å². The van der Waals surface area contributed by atoms with Gasteiger partial charge in [-0.3, -0.25) is 14.5 Å². The SMILES string of the molecule is CCCNC(=O)CN1C(=O)CS[C@H](c2cccc(F)c2)c2c(-c3ccccc3)nn(-c3cccc(C)c3C)c21. The van der Waals surface area contributed by atoms with Gasteiger partial charge in [0.2, 0.25) is 11.8 Å². The number of aryl methyl sites for hydroxylation is 1. The lowest BCUT2D eigenvalue weighted by molar-refractivity contribution is -0.122. The molecule has 8 heteroatoms. The first-order chi connectivity index (χ1) is 18.9. The van der Waals surface area contributed by atoms with Crippen LogP contribution in [0.2, 0.25) is 0 Å². The number of thioether (sulfide) groups is 1. The Bertz CT molecular complexity index is 1520. The minimum Gasteiger partial charge on any atom is -0.355 e. The van der Waals surface area contributed by atoms with Crippen LogP contribution >= 0.6 is 11.8 Å². The molecule has 0 fully saturated rings. The standard InChI is InChI=1S/C31H31FN4O2S/c1-4-16-33-26(37)18-35-27(38)19-39-30(23-13-9-14-24(32)17-23)28-29(22-11-6-5-7-12-22)34-36(31(28)35)25-15-8-10-20(2)21(25)3/h5-15,17,30H,4,16,18-19H2,1-3H3,(H,33,37)/t30-/m1/s1. The molecule has 4 aromatic rings. The molecule has 200 valence electrons. The number of carbonyl (C=O) groups is 2. The van der Waals surface area contributed by atoms with Gasteiger partial charge < -0.3 is 5.32 Å². The molecule has 0 bridgehead atoms. The Hall–Kier alpha value is -3.91. The van der Waals surface area contributed by atoms with Crippen molar-refractivity contribution >= 4 is 29.4 Å².